The summed E-state index contributed by atoms with van der Waals surface area (Å²) in [4.78, 5) is 6.14. The lowest BCUT2D eigenvalue weighted by atomic mass is 10.2. The maximum absolute atomic E-state index is 4.21. The fraction of sp³-hybridized carbons (Fsp3) is 0.357. The molecule has 0 bridgehead atoms. The summed E-state index contributed by atoms with van der Waals surface area (Å²) in [5.74, 6) is 0.923. The van der Waals surface area contributed by atoms with Gasteiger partial charge >= 0.3 is 0 Å². The Morgan fingerprint density at radius 1 is 1.11 bits per heavy atom. The molecule has 2 rings (SSSR count). The van der Waals surface area contributed by atoms with Crippen molar-refractivity contribution in [3.8, 4) is 0 Å². The van der Waals surface area contributed by atoms with Crippen LogP contribution in [0.15, 0.2) is 30.6 Å². The number of likely N-dealkylation sites (N-methyl/N-ethyl adjacent to an activating group) is 1. The minimum absolute atomic E-state index is 0.918. The van der Waals surface area contributed by atoms with Crippen LogP contribution >= 0.6 is 0 Å². The van der Waals surface area contributed by atoms with Crippen LogP contribution in [0.4, 0.5) is 5.82 Å². The molecule has 0 unspecified atom stereocenters. The number of hydrogen-bond donors (Lipinski definition) is 0. The van der Waals surface area contributed by atoms with Gasteiger partial charge in [0.15, 0.2) is 5.82 Å². The van der Waals surface area contributed by atoms with E-state index in [1.54, 1.807) is 0 Å². The van der Waals surface area contributed by atoms with Gasteiger partial charge in [0.25, 0.3) is 0 Å². The minimum Gasteiger partial charge on any atom is -0.358 e. The Labute approximate surface area is 108 Å². The second-order valence-corrected chi connectivity index (χ2v) is 4.50. The van der Waals surface area contributed by atoms with Crippen molar-refractivity contribution in [1.29, 1.82) is 0 Å². The summed E-state index contributed by atoms with van der Waals surface area (Å²) < 4.78 is 0. The molecule has 94 valence electrons. The van der Waals surface area contributed by atoms with E-state index in [1.165, 1.54) is 11.1 Å². The summed E-state index contributed by atoms with van der Waals surface area (Å²) >= 11 is 0. The molecular weight excluding hydrogens is 224 g/mol. The quantitative estimate of drug-likeness (QED) is 0.824. The van der Waals surface area contributed by atoms with E-state index in [1.807, 2.05) is 38.5 Å². The monoisotopic (exact) mass is 242 g/mol. The Bertz CT molecular complexity index is 510. The first-order valence-corrected chi connectivity index (χ1v) is 6.08. The van der Waals surface area contributed by atoms with Crippen molar-refractivity contribution in [2.45, 2.75) is 20.3 Å². The lowest BCUT2D eigenvalue weighted by molar-refractivity contribution is 0.828. The third-order valence-corrected chi connectivity index (χ3v) is 3.10. The highest BCUT2D eigenvalue weighted by Crippen LogP contribution is 2.12. The van der Waals surface area contributed by atoms with Crippen LogP contribution in [0.2, 0.25) is 0 Å². The Morgan fingerprint density at radius 2 is 1.83 bits per heavy atom. The summed E-state index contributed by atoms with van der Waals surface area (Å²) in [5.41, 5.74) is 3.45. The zero-order valence-electron chi connectivity index (χ0n) is 11.1. The predicted octanol–water partition coefficient (Wildman–Crippen LogP) is 2.17. The van der Waals surface area contributed by atoms with E-state index in [4.69, 9.17) is 0 Å². The molecule has 2 aromatic rings. The molecule has 0 aliphatic carbocycles. The third kappa shape index (κ3) is 3.03. The molecule has 0 aromatic carbocycles. The lowest BCUT2D eigenvalue weighted by Gasteiger charge is -2.18. The van der Waals surface area contributed by atoms with Crippen molar-refractivity contribution in [2.75, 3.05) is 18.5 Å². The molecule has 0 atom stereocenters. The molecule has 18 heavy (non-hydrogen) atoms. The average molecular weight is 242 g/mol. The summed E-state index contributed by atoms with van der Waals surface area (Å²) in [5, 5.41) is 8.37. The van der Waals surface area contributed by atoms with Gasteiger partial charge in [-0.15, -0.1) is 5.10 Å². The molecule has 4 heteroatoms. The minimum atomic E-state index is 0.918. The Hall–Kier alpha value is -1.97. The van der Waals surface area contributed by atoms with Gasteiger partial charge in [-0.2, -0.15) is 5.10 Å². The molecule has 0 saturated carbocycles. The summed E-state index contributed by atoms with van der Waals surface area (Å²) in [7, 11) is 2.04. The van der Waals surface area contributed by atoms with Crippen molar-refractivity contribution in [3.63, 3.8) is 0 Å². The second-order valence-electron chi connectivity index (χ2n) is 4.50. The van der Waals surface area contributed by atoms with Crippen molar-refractivity contribution < 1.29 is 0 Å². The molecule has 0 aliphatic heterocycles. The van der Waals surface area contributed by atoms with Crippen molar-refractivity contribution in [1.82, 2.24) is 15.2 Å². The smallest absolute Gasteiger partial charge is 0.151 e. The van der Waals surface area contributed by atoms with Gasteiger partial charge in [-0.25, -0.2) is 0 Å². The molecular formula is C14H18N4. The number of anilines is 1. The first-order chi connectivity index (χ1) is 8.66. The molecule has 2 heterocycles. The van der Waals surface area contributed by atoms with Crippen LogP contribution in [0.25, 0.3) is 0 Å². The highest BCUT2D eigenvalue weighted by atomic mass is 15.2. The first kappa shape index (κ1) is 12.5. The first-order valence-electron chi connectivity index (χ1n) is 6.08. The number of nitrogens with zero attached hydrogens (tertiary/aromatic N) is 4. The Morgan fingerprint density at radius 3 is 2.50 bits per heavy atom. The maximum atomic E-state index is 4.21. The van der Waals surface area contributed by atoms with Gasteiger partial charge in [0.1, 0.15) is 0 Å². The van der Waals surface area contributed by atoms with E-state index in [0.29, 0.717) is 0 Å². The number of aromatic nitrogens is 3. The SMILES string of the molecule is Cc1cc(N(C)CCc2ccncc2)nnc1C. The summed E-state index contributed by atoms with van der Waals surface area (Å²) in [6.07, 6.45) is 4.63. The second kappa shape index (κ2) is 5.58. The van der Waals surface area contributed by atoms with Gasteiger partial charge < -0.3 is 4.90 Å². The van der Waals surface area contributed by atoms with Crippen LogP contribution < -0.4 is 4.90 Å². The van der Waals surface area contributed by atoms with Crippen LogP contribution in [0.3, 0.4) is 0 Å². The Kier molecular flexibility index (Phi) is 3.87. The van der Waals surface area contributed by atoms with Crippen LogP contribution in [-0.2, 0) is 6.42 Å². The largest absolute Gasteiger partial charge is 0.358 e. The summed E-state index contributed by atoms with van der Waals surface area (Å²) in [6, 6.07) is 6.16. The van der Waals surface area contributed by atoms with E-state index < -0.39 is 0 Å². The van der Waals surface area contributed by atoms with Crippen LogP contribution in [-0.4, -0.2) is 28.8 Å². The molecule has 4 nitrogen and oxygen atoms in total. The lowest BCUT2D eigenvalue weighted by Crippen LogP contribution is -2.22. The average Bonchev–Trinajstić information content (AvgIpc) is 2.40. The fourth-order valence-corrected chi connectivity index (χ4v) is 1.68. The van der Waals surface area contributed by atoms with Crippen molar-refractivity contribution in [3.05, 3.63) is 47.4 Å². The highest BCUT2D eigenvalue weighted by Gasteiger charge is 2.05. The van der Waals surface area contributed by atoms with Crippen LogP contribution in [0.1, 0.15) is 16.8 Å². The van der Waals surface area contributed by atoms with Crippen LogP contribution in [0, 0.1) is 13.8 Å². The molecule has 0 amide bonds. The van der Waals surface area contributed by atoms with E-state index in [9.17, 15) is 0 Å². The predicted molar refractivity (Wildman–Crippen MR) is 72.7 cm³/mol. The van der Waals surface area contributed by atoms with Crippen molar-refractivity contribution >= 4 is 5.82 Å². The number of rotatable bonds is 4. The fourth-order valence-electron chi connectivity index (χ4n) is 1.68. The molecule has 2 aromatic heterocycles. The molecule has 0 saturated heterocycles. The summed E-state index contributed by atoms with van der Waals surface area (Å²) in [6.45, 7) is 4.95. The van der Waals surface area contributed by atoms with E-state index >= 15 is 0 Å². The molecule has 0 spiro atoms. The van der Waals surface area contributed by atoms with Gasteiger partial charge in [0.05, 0.1) is 5.69 Å². The van der Waals surface area contributed by atoms with Crippen molar-refractivity contribution in [2.24, 2.45) is 0 Å². The zero-order valence-corrected chi connectivity index (χ0v) is 11.1. The molecule has 0 N–H and O–H groups in total. The van der Waals surface area contributed by atoms with E-state index in [-0.39, 0.29) is 0 Å². The number of hydrogen-bond acceptors (Lipinski definition) is 4. The van der Waals surface area contributed by atoms with Gasteiger partial charge in [-0.05, 0) is 49.6 Å². The van der Waals surface area contributed by atoms with Gasteiger partial charge in [0.2, 0.25) is 0 Å². The highest BCUT2D eigenvalue weighted by molar-refractivity contribution is 5.40. The molecule has 0 fully saturated rings. The number of aryl methyl sites for hydroxylation is 2. The molecule has 0 radical (unpaired) electrons. The van der Waals surface area contributed by atoms with Gasteiger partial charge in [-0.3, -0.25) is 4.98 Å². The standard InChI is InChI=1S/C14H18N4/c1-11-10-14(17-16-12(11)2)18(3)9-6-13-4-7-15-8-5-13/h4-5,7-8,10H,6,9H2,1-3H3. The zero-order chi connectivity index (χ0) is 13.0. The number of pyridine rings is 1. The normalized spacial score (nSPS) is 10.4. The van der Waals surface area contributed by atoms with Crippen LogP contribution in [0.5, 0.6) is 0 Å². The van der Waals surface area contributed by atoms with Gasteiger partial charge in [-0.1, -0.05) is 0 Å². The topological polar surface area (TPSA) is 41.9 Å². The van der Waals surface area contributed by atoms with E-state index in [0.717, 1.165) is 24.5 Å². The third-order valence-electron chi connectivity index (χ3n) is 3.10. The Balaban J connectivity index is 1.99. The maximum Gasteiger partial charge on any atom is 0.151 e. The van der Waals surface area contributed by atoms with E-state index in [2.05, 4.69) is 33.1 Å². The van der Waals surface area contributed by atoms with Gasteiger partial charge in [0, 0.05) is 26.0 Å². The molecule has 0 aliphatic rings.